The van der Waals surface area contributed by atoms with Gasteiger partial charge in [-0.25, -0.2) is 0 Å². The Bertz CT molecular complexity index is 273. The van der Waals surface area contributed by atoms with Crippen LogP contribution in [0.25, 0.3) is 0 Å². The molecule has 4 nitrogen and oxygen atoms in total. The summed E-state index contributed by atoms with van der Waals surface area (Å²) in [6, 6.07) is 0. The van der Waals surface area contributed by atoms with Crippen LogP contribution in [0, 0.1) is 10.8 Å². The number of carbonyl (C=O) groups is 2. The predicted molar refractivity (Wildman–Crippen MR) is 60.7 cm³/mol. The molecular weight excluding hydrogens is 250 g/mol. The third-order valence-electron chi connectivity index (χ3n) is 3.38. The molecule has 0 aliphatic heterocycles. The van der Waals surface area contributed by atoms with Crippen LogP contribution in [0.1, 0.15) is 59.8 Å². The van der Waals surface area contributed by atoms with Crippen LogP contribution in [0.2, 0.25) is 0 Å². The maximum absolute atomic E-state index is 11.2. The zero-order valence-electron chi connectivity index (χ0n) is 13.2. The third kappa shape index (κ3) is 6.23. The molecule has 0 aromatic rings. The first-order chi connectivity index (χ1) is 7.70. The Hall–Kier alpha value is 0.537. The van der Waals surface area contributed by atoms with E-state index in [4.69, 9.17) is 0 Å². The molecular formula is C13H22LiNaO4. The number of aliphatic carboxylic acids is 2. The summed E-state index contributed by atoms with van der Waals surface area (Å²) < 4.78 is 0. The van der Waals surface area contributed by atoms with Crippen molar-refractivity contribution in [2.24, 2.45) is 10.8 Å². The number of carboxylic acid groups (broad SMARTS) is 2. The van der Waals surface area contributed by atoms with E-state index in [2.05, 4.69) is 0 Å². The van der Waals surface area contributed by atoms with Gasteiger partial charge >= 0.3 is 48.4 Å². The van der Waals surface area contributed by atoms with Crippen LogP contribution in [0.3, 0.4) is 0 Å². The van der Waals surface area contributed by atoms with E-state index in [1.807, 2.05) is 6.92 Å². The van der Waals surface area contributed by atoms with E-state index >= 15 is 0 Å². The summed E-state index contributed by atoms with van der Waals surface area (Å²) in [6.07, 6.45) is 3.45. The Morgan fingerprint density at radius 3 is 1.63 bits per heavy atom. The van der Waals surface area contributed by atoms with Gasteiger partial charge in [0.2, 0.25) is 0 Å². The second-order valence-corrected chi connectivity index (χ2v) is 5.54. The van der Waals surface area contributed by atoms with E-state index in [1.165, 1.54) is 0 Å². The van der Waals surface area contributed by atoms with Gasteiger partial charge in [-0.05, 0) is 11.8 Å². The summed E-state index contributed by atoms with van der Waals surface area (Å²) in [5.41, 5.74) is -2.82. The quantitative estimate of drug-likeness (QED) is 0.263. The van der Waals surface area contributed by atoms with E-state index in [0.29, 0.717) is 6.42 Å². The van der Waals surface area contributed by atoms with Crippen molar-refractivity contribution in [2.75, 3.05) is 0 Å². The van der Waals surface area contributed by atoms with Crippen molar-refractivity contribution in [1.29, 1.82) is 0 Å². The van der Waals surface area contributed by atoms with Crippen LogP contribution in [0.5, 0.6) is 0 Å². The molecule has 19 heavy (non-hydrogen) atoms. The molecule has 0 saturated carbocycles. The molecule has 100 valence electrons. The summed E-state index contributed by atoms with van der Waals surface area (Å²) in [5.74, 6) is -3.08. The summed E-state index contributed by atoms with van der Waals surface area (Å²) in [6.45, 7) is 6.82. The number of carbonyl (C=O) groups excluding carboxylic acids is 2. The maximum atomic E-state index is 11.2. The average molecular weight is 272 g/mol. The van der Waals surface area contributed by atoms with Gasteiger partial charge in [-0.15, -0.1) is 0 Å². The van der Waals surface area contributed by atoms with Crippen LogP contribution >= 0.6 is 0 Å². The fourth-order valence-electron chi connectivity index (χ4n) is 2.09. The van der Waals surface area contributed by atoms with E-state index in [1.54, 1.807) is 20.8 Å². The molecule has 0 unspecified atom stereocenters. The SMILES string of the molecule is CCCCCCC(C(=O)[O-])(C(=O)[O-])C(C)(C)C.[Li+].[Na+]. The van der Waals surface area contributed by atoms with Gasteiger partial charge < -0.3 is 19.8 Å². The Balaban J connectivity index is -0.00000128. The molecule has 0 aromatic carbocycles. The molecule has 0 aliphatic rings. The van der Waals surface area contributed by atoms with E-state index in [0.717, 1.165) is 19.3 Å². The van der Waals surface area contributed by atoms with Gasteiger partial charge in [0.1, 0.15) is 0 Å². The molecule has 0 amide bonds. The molecule has 0 aliphatic carbocycles. The van der Waals surface area contributed by atoms with Gasteiger partial charge in [0.15, 0.2) is 0 Å². The minimum atomic E-state index is -1.90. The number of rotatable bonds is 7. The Kier molecular flexibility index (Phi) is 13.3. The molecule has 0 saturated heterocycles. The molecule has 0 bridgehead atoms. The van der Waals surface area contributed by atoms with Crippen molar-refractivity contribution in [1.82, 2.24) is 0 Å². The molecule has 0 N–H and O–H groups in total. The summed E-state index contributed by atoms with van der Waals surface area (Å²) in [7, 11) is 0. The summed E-state index contributed by atoms with van der Waals surface area (Å²) in [5, 5.41) is 22.5. The predicted octanol–water partition coefficient (Wildman–Crippen LogP) is -5.50. The van der Waals surface area contributed by atoms with Crippen LogP contribution in [-0.4, -0.2) is 11.9 Å². The zero-order valence-corrected chi connectivity index (χ0v) is 15.2. The second-order valence-electron chi connectivity index (χ2n) is 5.54. The zero-order chi connectivity index (χ0) is 13.7. The molecule has 0 heterocycles. The Labute approximate surface area is 150 Å². The minimum absolute atomic E-state index is 0. The van der Waals surface area contributed by atoms with Gasteiger partial charge in [0, 0.05) is 0 Å². The van der Waals surface area contributed by atoms with Gasteiger partial charge in [-0.2, -0.15) is 0 Å². The van der Waals surface area contributed by atoms with Crippen LogP contribution < -0.4 is 58.6 Å². The topological polar surface area (TPSA) is 80.3 Å². The Morgan fingerprint density at radius 1 is 0.947 bits per heavy atom. The monoisotopic (exact) mass is 272 g/mol. The number of carboxylic acids is 2. The number of unbranched alkanes of at least 4 members (excludes halogenated alkanes) is 3. The average Bonchev–Trinajstić information content (AvgIpc) is 2.14. The summed E-state index contributed by atoms with van der Waals surface area (Å²) >= 11 is 0. The Morgan fingerprint density at radius 2 is 1.37 bits per heavy atom. The van der Waals surface area contributed by atoms with Gasteiger partial charge in [-0.1, -0.05) is 53.4 Å². The number of hydrogen-bond acceptors (Lipinski definition) is 4. The first-order valence-corrected chi connectivity index (χ1v) is 6.13. The first-order valence-electron chi connectivity index (χ1n) is 6.13. The van der Waals surface area contributed by atoms with Crippen molar-refractivity contribution in [2.45, 2.75) is 59.8 Å². The van der Waals surface area contributed by atoms with Crippen LogP contribution in [0.15, 0.2) is 0 Å². The molecule has 0 rings (SSSR count). The van der Waals surface area contributed by atoms with Gasteiger partial charge in [-0.3, -0.25) is 0 Å². The third-order valence-corrected chi connectivity index (χ3v) is 3.38. The smallest absolute Gasteiger partial charge is 0.549 e. The normalized spacial score (nSPS) is 11.2. The molecule has 0 atom stereocenters. The van der Waals surface area contributed by atoms with Gasteiger partial charge in [0.25, 0.3) is 0 Å². The first kappa shape index (κ1) is 24.5. The summed E-state index contributed by atoms with van der Waals surface area (Å²) in [4.78, 5) is 22.5. The maximum Gasteiger partial charge on any atom is 1.00 e. The number of hydrogen-bond donors (Lipinski definition) is 0. The van der Waals surface area contributed by atoms with Crippen molar-refractivity contribution < 1.29 is 68.2 Å². The molecule has 0 fully saturated rings. The van der Waals surface area contributed by atoms with Crippen molar-refractivity contribution in [3.8, 4) is 0 Å². The van der Waals surface area contributed by atoms with Crippen LogP contribution in [0.4, 0.5) is 0 Å². The standard InChI is InChI=1S/C13H24O4.Li.Na/c1-5-6-7-8-9-13(10(14)15,11(16)17)12(2,3)4;;/h5-9H2,1-4H3,(H,14,15)(H,16,17);;/q;2*+1/p-2. The van der Waals surface area contributed by atoms with Crippen molar-refractivity contribution in [3.63, 3.8) is 0 Å². The second kappa shape index (κ2) is 10.3. The van der Waals surface area contributed by atoms with Crippen LogP contribution in [-0.2, 0) is 9.59 Å². The van der Waals surface area contributed by atoms with Gasteiger partial charge in [0.05, 0.1) is 17.4 Å². The van der Waals surface area contributed by atoms with E-state index in [-0.39, 0.29) is 54.8 Å². The molecule has 6 heteroatoms. The van der Waals surface area contributed by atoms with E-state index in [9.17, 15) is 19.8 Å². The molecule has 0 spiro atoms. The molecule has 0 aromatic heterocycles. The largest absolute Gasteiger partial charge is 1.00 e. The fourth-order valence-corrected chi connectivity index (χ4v) is 2.09. The molecule has 0 radical (unpaired) electrons. The van der Waals surface area contributed by atoms with Crippen molar-refractivity contribution >= 4 is 11.9 Å². The fraction of sp³-hybridized carbons (Fsp3) is 0.846. The van der Waals surface area contributed by atoms with Crippen molar-refractivity contribution in [3.05, 3.63) is 0 Å². The minimum Gasteiger partial charge on any atom is -0.549 e. The van der Waals surface area contributed by atoms with E-state index < -0.39 is 22.8 Å².